The van der Waals surface area contributed by atoms with Crippen LogP contribution in [-0.2, 0) is 4.74 Å². The van der Waals surface area contributed by atoms with Crippen LogP contribution in [0.3, 0.4) is 0 Å². The van der Waals surface area contributed by atoms with Crippen LogP contribution in [0.1, 0.15) is 32.8 Å². The van der Waals surface area contributed by atoms with Crippen LogP contribution >= 0.6 is 11.8 Å². The number of benzene rings is 1. The van der Waals surface area contributed by atoms with Crippen LogP contribution in [0.15, 0.2) is 23.1 Å². The van der Waals surface area contributed by atoms with E-state index >= 15 is 0 Å². The van der Waals surface area contributed by atoms with Crippen molar-refractivity contribution in [2.24, 2.45) is 5.73 Å². The third-order valence-corrected chi connectivity index (χ3v) is 4.76. The van der Waals surface area contributed by atoms with E-state index in [0.717, 1.165) is 41.5 Å². The molecule has 1 aliphatic rings. The van der Waals surface area contributed by atoms with Crippen molar-refractivity contribution < 1.29 is 4.74 Å². The molecule has 1 heterocycles. The monoisotopic (exact) mass is 307 g/mol. The van der Waals surface area contributed by atoms with Crippen LogP contribution in [0, 0.1) is 5.41 Å². The van der Waals surface area contributed by atoms with Gasteiger partial charge in [-0.3, -0.25) is 5.41 Å². The molecule has 2 rings (SSSR count). The molecule has 0 saturated carbocycles. The highest BCUT2D eigenvalue weighted by Crippen LogP contribution is 2.33. The van der Waals surface area contributed by atoms with Gasteiger partial charge in [0.2, 0.25) is 0 Å². The first-order chi connectivity index (χ1) is 10.1. The Bertz CT molecular complexity index is 506. The minimum atomic E-state index is 0.149. The topological polar surface area (TPSA) is 62.3 Å². The maximum Gasteiger partial charge on any atom is 0.126 e. The molecule has 1 aromatic rings. The van der Waals surface area contributed by atoms with E-state index in [0.29, 0.717) is 6.04 Å². The highest BCUT2D eigenvalue weighted by Gasteiger charge is 2.28. The Balaban J connectivity index is 2.45. The summed E-state index contributed by atoms with van der Waals surface area (Å²) in [4.78, 5) is 3.46. The van der Waals surface area contributed by atoms with Gasteiger partial charge in [0.1, 0.15) is 5.84 Å². The van der Waals surface area contributed by atoms with Gasteiger partial charge in [-0.15, -0.1) is 11.8 Å². The second kappa shape index (κ2) is 7.18. The zero-order valence-electron chi connectivity index (χ0n) is 13.1. The van der Waals surface area contributed by atoms with Crippen molar-refractivity contribution >= 4 is 23.3 Å². The van der Waals surface area contributed by atoms with E-state index < -0.39 is 0 Å². The molecule has 0 radical (unpaired) electrons. The van der Waals surface area contributed by atoms with Gasteiger partial charge in [-0.2, -0.15) is 0 Å². The Morgan fingerprint density at radius 2 is 2.24 bits per heavy atom. The Kier molecular flexibility index (Phi) is 5.53. The smallest absolute Gasteiger partial charge is 0.126 e. The molecule has 4 nitrogen and oxygen atoms in total. The molecule has 0 aliphatic carbocycles. The third kappa shape index (κ3) is 3.52. The standard InChI is InChI=1S/C16H25N3OS/c1-4-12-10-20-11(3)9-19(12)13-7-6-8-14(21-5-2)15(13)16(17)18/h6-8,11-12H,4-5,9-10H2,1-3H3,(H3,17,18). The fourth-order valence-electron chi connectivity index (χ4n) is 2.78. The number of hydrogen-bond acceptors (Lipinski definition) is 4. The van der Waals surface area contributed by atoms with Gasteiger partial charge in [-0.1, -0.05) is 19.9 Å². The van der Waals surface area contributed by atoms with Crippen LogP contribution < -0.4 is 10.6 Å². The second-order valence-electron chi connectivity index (χ2n) is 5.36. The summed E-state index contributed by atoms with van der Waals surface area (Å²) in [5.41, 5.74) is 7.83. The van der Waals surface area contributed by atoms with Crippen molar-refractivity contribution in [1.82, 2.24) is 0 Å². The van der Waals surface area contributed by atoms with Gasteiger partial charge in [0.05, 0.1) is 24.3 Å². The van der Waals surface area contributed by atoms with Crippen molar-refractivity contribution in [2.45, 2.75) is 44.2 Å². The lowest BCUT2D eigenvalue weighted by Crippen LogP contribution is -2.49. The van der Waals surface area contributed by atoms with Gasteiger partial charge >= 0.3 is 0 Å². The Hall–Kier alpha value is -1.20. The molecule has 3 N–H and O–H groups in total. The molecule has 1 aliphatic heterocycles. The first-order valence-electron chi connectivity index (χ1n) is 7.56. The van der Waals surface area contributed by atoms with E-state index in [1.54, 1.807) is 11.8 Å². The molecule has 1 aromatic carbocycles. The van der Waals surface area contributed by atoms with E-state index in [1.807, 2.05) is 0 Å². The lowest BCUT2D eigenvalue weighted by atomic mass is 10.1. The van der Waals surface area contributed by atoms with Crippen molar-refractivity contribution in [2.75, 3.05) is 23.8 Å². The lowest BCUT2D eigenvalue weighted by molar-refractivity contribution is 0.0299. The molecular weight excluding hydrogens is 282 g/mol. The summed E-state index contributed by atoms with van der Waals surface area (Å²) in [5, 5.41) is 7.99. The maximum atomic E-state index is 7.99. The van der Waals surface area contributed by atoms with Crippen molar-refractivity contribution in [3.05, 3.63) is 23.8 Å². The molecular formula is C16H25N3OS. The minimum Gasteiger partial charge on any atom is -0.384 e. The molecule has 2 unspecified atom stereocenters. The van der Waals surface area contributed by atoms with Gasteiger partial charge in [0.15, 0.2) is 0 Å². The summed E-state index contributed by atoms with van der Waals surface area (Å²) < 4.78 is 5.78. The van der Waals surface area contributed by atoms with Crippen molar-refractivity contribution in [3.63, 3.8) is 0 Å². The highest BCUT2D eigenvalue weighted by atomic mass is 32.2. The van der Waals surface area contributed by atoms with E-state index in [-0.39, 0.29) is 11.9 Å². The summed E-state index contributed by atoms with van der Waals surface area (Å²) in [5.74, 6) is 1.12. The predicted octanol–water partition coefficient (Wildman–Crippen LogP) is 3.09. The number of ether oxygens (including phenoxy) is 1. The second-order valence-corrected chi connectivity index (χ2v) is 6.66. The number of thioether (sulfide) groups is 1. The SMILES string of the molecule is CCSc1cccc(N2CC(C)OCC2CC)c1C(=N)N. The largest absolute Gasteiger partial charge is 0.384 e. The fraction of sp³-hybridized carbons (Fsp3) is 0.562. The fourth-order valence-corrected chi connectivity index (χ4v) is 3.63. The lowest BCUT2D eigenvalue weighted by Gasteiger charge is -2.41. The average Bonchev–Trinajstić information content (AvgIpc) is 2.47. The number of nitrogen functional groups attached to an aromatic ring is 1. The number of nitrogens with two attached hydrogens (primary N) is 1. The molecule has 2 atom stereocenters. The molecule has 21 heavy (non-hydrogen) atoms. The molecule has 5 heteroatoms. The summed E-state index contributed by atoms with van der Waals surface area (Å²) >= 11 is 1.74. The minimum absolute atomic E-state index is 0.149. The van der Waals surface area contributed by atoms with Crippen LogP contribution in [0.2, 0.25) is 0 Å². The maximum absolute atomic E-state index is 7.99. The Morgan fingerprint density at radius 1 is 1.48 bits per heavy atom. The Morgan fingerprint density at radius 3 is 2.86 bits per heavy atom. The first-order valence-corrected chi connectivity index (χ1v) is 8.55. The van der Waals surface area contributed by atoms with Crippen LogP contribution in [0.25, 0.3) is 0 Å². The summed E-state index contributed by atoms with van der Waals surface area (Å²) in [6, 6.07) is 6.55. The predicted molar refractivity (Wildman–Crippen MR) is 90.7 cm³/mol. The van der Waals surface area contributed by atoms with E-state index in [2.05, 4.69) is 43.9 Å². The zero-order valence-corrected chi connectivity index (χ0v) is 13.9. The van der Waals surface area contributed by atoms with E-state index in [1.165, 1.54) is 0 Å². The number of morpholine rings is 1. The van der Waals surface area contributed by atoms with Crippen LogP contribution in [0.4, 0.5) is 5.69 Å². The number of nitrogens with one attached hydrogen (secondary N) is 1. The van der Waals surface area contributed by atoms with Crippen LogP contribution in [0.5, 0.6) is 0 Å². The van der Waals surface area contributed by atoms with Gasteiger partial charge < -0.3 is 15.4 Å². The molecule has 0 amide bonds. The summed E-state index contributed by atoms with van der Waals surface area (Å²) in [6.07, 6.45) is 1.23. The average molecular weight is 307 g/mol. The molecule has 1 fully saturated rings. The van der Waals surface area contributed by atoms with Crippen LogP contribution in [-0.4, -0.2) is 36.9 Å². The van der Waals surface area contributed by atoms with Crippen molar-refractivity contribution in [3.8, 4) is 0 Å². The zero-order chi connectivity index (χ0) is 15.4. The van der Waals surface area contributed by atoms with E-state index in [4.69, 9.17) is 15.9 Å². The van der Waals surface area contributed by atoms with Gasteiger partial charge in [-0.25, -0.2) is 0 Å². The summed E-state index contributed by atoms with van der Waals surface area (Å²) in [7, 11) is 0. The third-order valence-electron chi connectivity index (χ3n) is 3.82. The van der Waals surface area contributed by atoms with E-state index in [9.17, 15) is 0 Å². The molecule has 1 saturated heterocycles. The Labute approximate surface area is 131 Å². The number of rotatable bonds is 5. The van der Waals surface area contributed by atoms with Gasteiger partial charge in [-0.05, 0) is 31.2 Å². The molecule has 116 valence electrons. The quantitative estimate of drug-likeness (QED) is 0.498. The summed E-state index contributed by atoms with van der Waals surface area (Å²) in [6.45, 7) is 7.97. The first kappa shape index (κ1) is 16.2. The number of anilines is 1. The number of nitrogens with zero attached hydrogens (tertiary/aromatic N) is 1. The van der Waals surface area contributed by atoms with Crippen molar-refractivity contribution in [1.29, 1.82) is 5.41 Å². The molecule has 0 bridgehead atoms. The number of hydrogen-bond donors (Lipinski definition) is 2. The molecule has 0 aromatic heterocycles. The highest BCUT2D eigenvalue weighted by molar-refractivity contribution is 7.99. The number of amidine groups is 1. The normalized spacial score (nSPS) is 22.3. The van der Waals surface area contributed by atoms with Gasteiger partial charge in [0.25, 0.3) is 0 Å². The molecule has 0 spiro atoms. The van der Waals surface area contributed by atoms with Gasteiger partial charge in [0, 0.05) is 17.1 Å².